The molecular formula is C51H32N2O2. The summed E-state index contributed by atoms with van der Waals surface area (Å²) >= 11 is 0. The Morgan fingerprint density at radius 1 is 0.382 bits per heavy atom. The van der Waals surface area contributed by atoms with Gasteiger partial charge in [0.25, 0.3) is 0 Å². The highest BCUT2D eigenvalue weighted by Crippen LogP contribution is 2.47. The molecule has 11 rings (SSSR count). The zero-order valence-electron chi connectivity index (χ0n) is 29.7. The van der Waals surface area contributed by atoms with Crippen molar-refractivity contribution in [3.8, 4) is 33.7 Å². The van der Waals surface area contributed by atoms with E-state index in [1.165, 1.54) is 21.9 Å². The summed E-state index contributed by atoms with van der Waals surface area (Å²) in [6, 6.07) is 68.2. The highest BCUT2D eigenvalue weighted by molar-refractivity contribution is 6.23. The second-order valence-electron chi connectivity index (χ2n) is 14.0. The lowest BCUT2D eigenvalue weighted by Gasteiger charge is -2.26. The molecule has 0 saturated heterocycles. The van der Waals surface area contributed by atoms with Gasteiger partial charge < -0.3 is 13.7 Å². The van der Waals surface area contributed by atoms with E-state index in [0.717, 1.165) is 77.6 Å². The minimum Gasteiger partial charge on any atom is -0.454 e. The summed E-state index contributed by atoms with van der Waals surface area (Å²) < 4.78 is 13.1. The molecule has 2 aromatic heterocycles. The van der Waals surface area contributed by atoms with E-state index >= 15 is 0 Å². The van der Waals surface area contributed by atoms with E-state index in [0.29, 0.717) is 5.89 Å². The molecule has 258 valence electrons. The molecule has 0 aliphatic carbocycles. The van der Waals surface area contributed by atoms with Crippen molar-refractivity contribution in [3.05, 3.63) is 194 Å². The van der Waals surface area contributed by atoms with Gasteiger partial charge in [0.2, 0.25) is 5.89 Å². The van der Waals surface area contributed by atoms with Crippen LogP contribution in [0.2, 0.25) is 0 Å². The van der Waals surface area contributed by atoms with Crippen molar-refractivity contribution >= 4 is 71.6 Å². The van der Waals surface area contributed by atoms with Gasteiger partial charge in [-0.05, 0) is 111 Å². The molecule has 0 bridgehead atoms. The number of hydrogen-bond donors (Lipinski definition) is 0. The minimum absolute atomic E-state index is 0.619. The van der Waals surface area contributed by atoms with E-state index in [9.17, 15) is 0 Å². The first-order valence-corrected chi connectivity index (χ1v) is 18.5. The predicted octanol–water partition coefficient (Wildman–Crippen LogP) is 14.5. The first-order chi connectivity index (χ1) is 27.2. The molecule has 4 nitrogen and oxygen atoms in total. The van der Waals surface area contributed by atoms with Gasteiger partial charge in [0.05, 0.1) is 5.69 Å². The van der Waals surface area contributed by atoms with Crippen LogP contribution in [-0.4, -0.2) is 4.98 Å². The van der Waals surface area contributed by atoms with Gasteiger partial charge in [0.15, 0.2) is 11.2 Å². The molecule has 0 radical (unpaired) electrons. The van der Waals surface area contributed by atoms with Gasteiger partial charge >= 0.3 is 0 Å². The summed E-state index contributed by atoms with van der Waals surface area (Å²) in [5, 5.41) is 6.82. The summed E-state index contributed by atoms with van der Waals surface area (Å²) in [5.74, 6) is 0.619. The Hall–Kier alpha value is -7.43. The third-order valence-electron chi connectivity index (χ3n) is 10.6. The second-order valence-corrected chi connectivity index (χ2v) is 14.0. The lowest BCUT2D eigenvalue weighted by atomic mass is 9.98. The number of anilines is 3. The van der Waals surface area contributed by atoms with E-state index in [2.05, 4.69) is 163 Å². The van der Waals surface area contributed by atoms with Crippen LogP contribution in [0.4, 0.5) is 17.1 Å². The fraction of sp³-hybridized carbons (Fsp3) is 0. The van der Waals surface area contributed by atoms with Crippen molar-refractivity contribution < 1.29 is 8.83 Å². The molecule has 0 saturated carbocycles. The summed E-state index contributed by atoms with van der Waals surface area (Å²) in [7, 11) is 0. The third kappa shape index (κ3) is 5.34. The molecule has 0 atom stereocenters. The topological polar surface area (TPSA) is 42.4 Å². The quantitative estimate of drug-likeness (QED) is 0.173. The Bertz CT molecular complexity index is 3200. The maximum atomic E-state index is 6.94. The first kappa shape index (κ1) is 31.1. The van der Waals surface area contributed by atoms with Gasteiger partial charge in [-0.3, -0.25) is 0 Å². The van der Waals surface area contributed by atoms with Crippen molar-refractivity contribution in [2.45, 2.75) is 0 Å². The number of benzene rings is 9. The summed E-state index contributed by atoms with van der Waals surface area (Å²) in [5.41, 5.74) is 11.8. The lowest BCUT2D eigenvalue weighted by Crippen LogP contribution is -2.10. The molecule has 55 heavy (non-hydrogen) atoms. The number of rotatable bonds is 6. The number of aromatic nitrogens is 1. The molecule has 0 aliphatic rings. The van der Waals surface area contributed by atoms with Gasteiger partial charge in [-0.25, -0.2) is 4.98 Å². The Kier molecular flexibility index (Phi) is 7.14. The van der Waals surface area contributed by atoms with Crippen LogP contribution in [0.25, 0.3) is 88.3 Å². The average Bonchev–Trinajstić information content (AvgIpc) is 3.87. The Morgan fingerprint density at radius 2 is 1.00 bits per heavy atom. The number of furan rings is 1. The molecule has 11 aromatic rings. The van der Waals surface area contributed by atoms with Gasteiger partial charge in [-0.1, -0.05) is 127 Å². The van der Waals surface area contributed by atoms with Crippen LogP contribution >= 0.6 is 0 Å². The standard InChI is InChI=1S/C51H32N2O2/c1-3-11-33(12-4-1)35-19-24-41(25-20-35)53(42-26-21-34-13-7-8-16-37(34)29-42)46-32-40-17-9-10-18-43(40)49-44-30-38(22-27-47(44)54-50(46)49)39-23-28-48-45(31-39)52-51(55-48)36-14-5-2-6-15-36/h1-32H. The minimum atomic E-state index is 0.619. The normalized spacial score (nSPS) is 11.6. The molecule has 0 aliphatic heterocycles. The SMILES string of the molecule is c1ccc(-c2ccc(N(c3ccc4ccccc4c3)c3cc4ccccc4c4c3oc3ccc(-c5ccc6oc(-c7ccccc7)nc6c5)cc34)cc2)cc1. The molecule has 0 fully saturated rings. The Labute approximate surface area is 317 Å². The van der Waals surface area contributed by atoms with Crippen LogP contribution in [0, 0.1) is 0 Å². The van der Waals surface area contributed by atoms with Crippen molar-refractivity contribution in [2.24, 2.45) is 0 Å². The highest BCUT2D eigenvalue weighted by atomic mass is 16.3. The van der Waals surface area contributed by atoms with Crippen molar-refractivity contribution in [2.75, 3.05) is 4.90 Å². The van der Waals surface area contributed by atoms with Gasteiger partial charge in [-0.2, -0.15) is 0 Å². The number of fused-ring (bicyclic) bond motifs is 7. The zero-order valence-corrected chi connectivity index (χ0v) is 29.7. The fourth-order valence-corrected chi connectivity index (χ4v) is 7.94. The van der Waals surface area contributed by atoms with E-state index in [1.54, 1.807) is 0 Å². The Morgan fingerprint density at radius 3 is 1.80 bits per heavy atom. The molecule has 2 heterocycles. The zero-order chi connectivity index (χ0) is 36.3. The second kappa shape index (κ2) is 12.6. The molecule has 0 amide bonds. The first-order valence-electron chi connectivity index (χ1n) is 18.5. The van der Waals surface area contributed by atoms with Gasteiger partial charge in [-0.15, -0.1) is 0 Å². The molecule has 9 aromatic carbocycles. The van der Waals surface area contributed by atoms with Crippen molar-refractivity contribution in [1.82, 2.24) is 4.98 Å². The number of hydrogen-bond acceptors (Lipinski definition) is 4. The molecular weight excluding hydrogens is 673 g/mol. The highest BCUT2D eigenvalue weighted by Gasteiger charge is 2.23. The molecule has 4 heteroatoms. The lowest BCUT2D eigenvalue weighted by molar-refractivity contribution is 0.620. The Balaban J connectivity index is 1.11. The van der Waals surface area contributed by atoms with Crippen molar-refractivity contribution in [3.63, 3.8) is 0 Å². The van der Waals surface area contributed by atoms with Gasteiger partial charge in [0, 0.05) is 27.7 Å². The summed E-state index contributed by atoms with van der Waals surface area (Å²) in [6.07, 6.45) is 0. The van der Waals surface area contributed by atoms with Crippen LogP contribution in [0.3, 0.4) is 0 Å². The maximum absolute atomic E-state index is 6.94. The molecule has 0 N–H and O–H groups in total. The van der Waals surface area contributed by atoms with Crippen LogP contribution in [0.5, 0.6) is 0 Å². The smallest absolute Gasteiger partial charge is 0.227 e. The third-order valence-corrected chi connectivity index (χ3v) is 10.6. The van der Waals surface area contributed by atoms with Gasteiger partial charge in [0.1, 0.15) is 11.1 Å². The van der Waals surface area contributed by atoms with E-state index in [1.807, 2.05) is 36.4 Å². The molecule has 0 unspecified atom stereocenters. The van der Waals surface area contributed by atoms with E-state index in [-0.39, 0.29) is 0 Å². The monoisotopic (exact) mass is 704 g/mol. The number of nitrogens with zero attached hydrogens (tertiary/aromatic N) is 2. The van der Waals surface area contributed by atoms with Crippen LogP contribution < -0.4 is 4.90 Å². The fourth-order valence-electron chi connectivity index (χ4n) is 7.94. The van der Waals surface area contributed by atoms with Crippen LogP contribution in [0.15, 0.2) is 203 Å². The number of oxazole rings is 1. The summed E-state index contributed by atoms with van der Waals surface area (Å²) in [4.78, 5) is 7.19. The van der Waals surface area contributed by atoms with E-state index < -0.39 is 0 Å². The molecule has 0 spiro atoms. The van der Waals surface area contributed by atoms with Crippen molar-refractivity contribution in [1.29, 1.82) is 0 Å². The maximum Gasteiger partial charge on any atom is 0.227 e. The summed E-state index contributed by atoms with van der Waals surface area (Å²) in [6.45, 7) is 0. The largest absolute Gasteiger partial charge is 0.454 e. The van der Waals surface area contributed by atoms with Crippen LogP contribution in [-0.2, 0) is 0 Å². The average molecular weight is 705 g/mol. The predicted molar refractivity (Wildman–Crippen MR) is 227 cm³/mol. The van der Waals surface area contributed by atoms with E-state index in [4.69, 9.17) is 13.8 Å². The van der Waals surface area contributed by atoms with Crippen LogP contribution in [0.1, 0.15) is 0 Å².